The first-order valence-electron chi connectivity index (χ1n) is 6.28. The van der Waals surface area contributed by atoms with Crippen molar-refractivity contribution in [3.63, 3.8) is 0 Å². The SMILES string of the molecule is CC1=CC2=CCCC3=Cc4ccccc4C23N1. The first kappa shape index (κ1) is 9.29. The number of rotatable bonds is 0. The molecule has 1 spiro atoms. The molecule has 0 aromatic heterocycles. The molecule has 0 fully saturated rings. The average molecular weight is 221 g/mol. The summed E-state index contributed by atoms with van der Waals surface area (Å²) in [5, 5.41) is 3.71. The minimum Gasteiger partial charge on any atom is -0.372 e. The van der Waals surface area contributed by atoms with Gasteiger partial charge in [0.05, 0.1) is 0 Å². The molecule has 1 aliphatic heterocycles. The Balaban J connectivity index is 2.03. The minimum absolute atomic E-state index is 0.0150. The maximum Gasteiger partial charge on any atom is 0.110 e. The summed E-state index contributed by atoms with van der Waals surface area (Å²) in [5.41, 5.74) is 7.04. The van der Waals surface area contributed by atoms with Gasteiger partial charge in [-0.05, 0) is 48.1 Å². The molecule has 1 aromatic rings. The Bertz CT molecular complexity index is 604. The molecule has 0 saturated heterocycles. The number of hydrogen-bond acceptors (Lipinski definition) is 1. The summed E-state index contributed by atoms with van der Waals surface area (Å²) in [4.78, 5) is 0. The zero-order valence-electron chi connectivity index (χ0n) is 9.96. The third-order valence-corrected chi connectivity index (χ3v) is 4.14. The molecule has 0 bridgehead atoms. The van der Waals surface area contributed by atoms with Gasteiger partial charge >= 0.3 is 0 Å². The molecule has 1 unspecified atom stereocenters. The van der Waals surface area contributed by atoms with E-state index in [0.29, 0.717) is 0 Å². The molecular formula is C16H15N. The van der Waals surface area contributed by atoms with Crippen LogP contribution in [0.2, 0.25) is 0 Å². The maximum absolute atomic E-state index is 3.71. The van der Waals surface area contributed by atoms with Crippen LogP contribution in [0.1, 0.15) is 30.9 Å². The molecule has 3 aliphatic rings. The van der Waals surface area contributed by atoms with Crippen LogP contribution in [0.3, 0.4) is 0 Å². The van der Waals surface area contributed by atoms with Gasteiger partial charge in [0.15, 0.2) is 0 Å². The summed E-state index contributed by atoms with van der Waals surface area (Å²) in [5.74, 6) is 0. The van der Waals surface area contributed by atoms with Gasteiger partial charge in [0, 0.05) is 5.70 Å². The van der Waals surface area contributed by atoms with Gasteiger partial charge in [0.2, 0.25) is 0 Å². The highest BCUT2D eigenvalue weighted by atomic mass is 15.0. The number of fused-ring (bicyclic) bond motifs is 1. The fourth-order valence-corrected chi connectivity index (χ4v) is 3.52. The van der Waals surface area contributed by atoms with Gasteiger partial charge in [0.25, 0.3) is 0 Å². The van der Waals surface area contributed by atoms with E-state index in [1.165, 1.54) is 40.8 Å². The monoisotopic (exact) mass is 221 g/mol. The lowest BCUT2D eigenvalue weighted by molar-refractivity contribution is 0.519. The second-order valence-electron chi connectivity index (χ2n) is 5.16. The summed E-state index contributed by atoms with van der Waals surface area (Å²) >= 11 is 0. The van der Waals surface area contributed by atoms with Crippen molar-refractivity contribution in [1.82, 2.24) is 5.32 Å². The zero-order chi connectivity index (χ0) is 11.5. The second kappa shape index (κ2) is 2.92. The van der Waals surface area contributed by atoms with Gasteiger partial charge in [-0.2, -0.15) is 0 Å². The molecule has 1 nitrogen and oxygen atoms in total. The summed E-state index contributed by atoms with van der Waals surface area (Å²) in [6.45, 7) is 2.16. The molecule has 1 N–H and O–H groups in total. The van der Waals surface area contributed by atoms with E-state index < -0.39 is 0 Å². The van der Waals surface area contributed by atoms with Crippen LogP contribution in [0.15, 0.2) is 53.3 Å². The van der Waals surface area contributed by atoms with Gasteiger partial charge in [-0.3, -0.25) is 0 Å². The van der Waals surface area contributed by atoms with Crippen LogP contribution in [-0.2, 0) is 5.54 Å². The van der Waals surface area contributed by atoms with Crippen LogP contribution in [0.25, 0.3) is 6.08 Å². The predicted molar refractivity (Wildman–Crippen MR) is 70.3 cm³/mol. The number of nitrogens with one attached hydrogen (secondary N) is 1. The smallest absolute Gasteiger partial charge is 0.110 e. The molecule has 0 saturated carbocycles. The average Bonchev–Trinajstić information content (AvgIpc) is 2.83. The zero-order valence-corrected chi connectivity index (χ0v) is 9.96. The largest absolute Gasteiger partial charge is 0.372 e. The lowest BCUT2D eigenvalue weighted by Crippen LogP contribution is -2.40. The molecule has 1 heterocycles. The van der Waals surface area contributed by atoms with E-state index in [1.54, 1.807) is 0 Å². The predicted octanol–water partition coefficient (Wildman–Crippen LogP) is 3.51. The van der Waals surface area contributed by atoms with Crippen molar-refractivity contribution in [3.05, 3.63) is 64.4 Å². The number of benzene rings is 1. The normalized spacial score (nSPS) is 28.4. The van der Waals surface area contributed by atoms with Crippen molar-refractivity contribution < 1.29 is 0 Å². The standard InChI is InChI=1S/C16H15N/c1-11-9-13-6-4-7-14-10-12-5-2-3-8-15(12)16(13,14)17-11/h2-3,5-6,8-10,17H,4,7H2,1H3. The van der Waals surface area contributed by atoms with E-state index >= 15 is 0 Å². The highest BCUT2D eigenvalue weighted by molar-refractivity contribution is 5.75. The quantitative estimate of drug-likeness (QED) is 0.707. The van der Waals surface area contributed by atoms with E-state index in [9.17, 15) is 0 Å². The van der Waals surface area contributed by atoms with Crippen LogP contribution in [0.4, 0.5) is 0 Å². The highest BCUT2D eigenvalue weighted by Crippen LogP contribution is 2.52. The van der Waals surface area contributed by atoms with Gasteiger partial charge < -0.3 is 5.32 Å². The van der Waals surface area contributed by atoms with Gasteiger partial charge in [-0.1, -0.05) is 36.4 Å². The Morgan fingerprint density at radius 3 is 3.00 bits per heavy atom. The molecule has 0 amide bonds. The van der Waals surface area contributed by atoms with Crippen LogP contribution in [0.5, 0.6) is 0 Å². The maximum atomic E-state index is 3.71. The Morgan fingerprint density at radius 1 is 1.18 bits per heavy atom. The van der Waals surface area contributed by atoms with E-state index in [4.69, 9.17) is 0 Å². The Hall–Kier alpha value is -1.76. The second-order valence-corrected chi connectivity index (χ2v) is 5.16. The van der Waals surface area contributed by atoms with Gasteiger partial charge in [-0.15, -0.1) is 0 Å². The van der Waals surface area contributed by atoms with Crippen molar-refractivity contribution in [2.75, 3.05) is 0 Å². The Labute approximate surface area is 102 Å². The topological polar surface area (TPSA) is 12.0 Å². The summed E-state index contributed by atoms with van der Waals surface area (Å²) in [6.07, 6.45) is 9.41. The summed E-state index contributed by atoms with van der Waals surface area (Å²) in [6, 6.07) is 8.76. The molecule has 2 aliphatic carbocycles. The Morgan fingerprint density at radius 2 is 2.06 bits per heavy atom. The van der Waals surface area contributed by atoms with Crippen LogP contribution in [0, 0.1) is 0 Å². The molecule has 84 valence electrons. The fourth-order valence-electron chi connectivity index (χ4n) is 3.52. The van der Waals surface area contributed by atoms with E-state index in [0.717, 1.165) is 0 Å². The van der Waals surface area contributed by atoms with E-state index in [2.05, 4.69) is 54.7 Å². The Kier molecular flexibility index (Phi) is 1.60. The molecule has 1 aromatic carbocycles. The lowest BCUT2D eigenvalue weighted by atomic mass is 9.76. The van der Waals surface area contributed by atoms with Crippen molar-refractivity contribution in [2.45, 2.75) is 25.3 Å². The van der Waals surface area contributed by atoms with Crippen molar-refractivity contribution >= 4 is 6.08 Å². The first-order chi connectivity index (χ1) is 8.30. The van der Waals surface area contributed by atoms with E-state index in [1.807, 2.05) is 0 Å². The van der Waals surface area contributed by atoms with Crippen LogP contribution >= 0.6 is 0 Å². The molecule has 0 radical (unpaired) electrons. The van der Waals surface area contributed by atoms with Gasteiger partial charge in [-0.25, -0.2) is 0 Å². The van der Waals surface area contributed by atoms with E-state index in [-0.39, 0.29) is 5.54 Å². The van der Waals surface area contributed by atoms with Gasteiger partial charge in [0.1, 0.15) is 5.54 Å². The third kappa shape index (κ3) is 0.998. The molecule has 17 heavy (non-hydrogen) atoms. The molecule has 1 atom stereocenters. The summed E-state index contributed by atoms with van der Waals surface area (Å²) in [7, 11) is 0. The highest BCUT2D eigenvalue weighted by Gasteiger charge is 2.47. The number of allylic oxidation sites excluding steroid dienone is 2. The fraction of sp³-hybridized carbons (Fsp3) is 0.250. The summed E-state index contributed by atoms with van der Waals surface area (Å²) < 4.78 is 0. The van der Waals surface area contributed by atoms with Crippen molar-refractivity contribution in [1.29, 1.82) is 0 Å². The van der Waals surface area contributed by atoms with Crippen molar-refractivity contribution in [3.8, 4) is 0 Å². The van der Waals surface area contributed by atoms with Crippen LogP contribution < -0.4 is 5.32 Å². The van der Waals surface area contributed by atoms with Crippen LogP contribution in [-0.4, -0.2) is 0 Å². The first-order valence-corrected chi connectivity index (χ1v) is 6.28. The third-order valence-electron chi connectivity index (χ3n) is 4.14. The number of hydrogen-bond donors (Lipinski definition) is 1. The lowest BCUT2D eigenvalue weighted by Gasteiger charge is -2.35. The molecule has 1 heteroatoms. The molecule has 4 rings (SSSR count). The molecular weight excluding hydrogens is 206 g/mol. The van der Waals surface area contributed by atoms with Crippen molar-refractivity contribution in [2.24, 2.45) is 0 Å². The minimum atomic E-state index is -0.0150.